The minimum atomic E-state index is 0.618. The molecule has 0 N–H and O–H groups in total. The van der Waals surface area contributed by atoms with Crippen LogP contribution in [-0.4, -0.2) is 15.0 Å². The number of fused-ring (bicyclic) bond motifs is 8. The fraction of sp³-hybridized carbons (Fsp3) is 0. The van der Waals surface area contributed by atoms with E-state index in [1.807, 2.05) is 23.5 Å². The highest BCUT2D eigenvalue weighted by Crippen LogP contribution is 2.45. The summed E-state index contributed by atoms with van der Waals surface area (Å²) in [5.41, 5.74) is 14.2. The van der Waals surface area contributed by atoms with Crippen LogP contribution in [0.2, 0.25) is 0 Å². The zero-order valence-electron chi connectivity index (χ0n) is 37.4. The van der Waals surface area contributed by atoms with Crippen molar-refractivity contribution in [1.29, 1.82) is 0 Å². The van der Waals surface area contributed by atoms with Gasteiger partial charge in [0.1, 0.15) is 0 Å². The Balaban J connectivity index is 0.862. The van der Waals surface area contributed by atoms with Crippen LogP contribution in [-0.2, 0) is 0 Å². The lowest BCUT2D eigenvalue weighted by Gasteiger charge is -2.12. The van der Waals surface area contributed by atoms with Crippen molar-refractivity contribution in [3.8, 4) is 89.8 Å². The molecule has 322 valence electrons. The molecule has 0 saturated carbocycles. The van der Waals surface area contributed by atoms with Crippen molar-refractivity contribution in [2.75, 3.05) is 0 Å². The summed E-state index contributed by atoms with van der Waals surface area (Å²) in [6, 6.07) is 88.8. The number of thiophene rings is 1. The molecular formula is C65H41N3S. The maximum absolute atomic E-state index is 5.19. The molecule has 4 heteroatoms. The van der Waals surface area contributed by atoms with Crippen molar-refractivity contribution in [1.82, 2.24) is 15.0 Å². The van der Waals surface area contributed by atoms with E-state index < -0.39 is 0 Å². The second-order valence-electron chi connectivity index (χ2n) is 17.6. The SMILES string of the molecule is c1ccc(-c2cccc(-c3nc(-c4cccc(-c5ccccc5)c4)nc(-c4cccc(-c5cccc(-c6cccc(-c7ccc8c(c7)sc7c9ccccc9c9ccccc9c87)c6)c5)c4)n3)c2)cc1. The van der Waals surface area contributed by atoms with Gasteiger partial charge in [-0.2, -0.15) is 0 Å². The molecular weight excluding hydrogens is 855 g/mol. The van der Waals surface area contributed by atoms with Crippen LogP contribution in [0.4, 0.5) is 0 Å². The Kier molecular flexibility index (Phi) is 10.0. The van der Waals surface area contributed by atoms with Gasteiger partial charge in [-0.25, -0.2) is 15.0 Å². The van der Waals surface area contributed by atoms with Crippen molar-refractivity contribution in [3.63, 3.8) is 0 Å². The molecule has 0 spiro atoms. The Morgan fingerprint density at radius 1 is 0.217 bits per heavy atom. The maximum Gasteiger partial charge on any atom is 0.164 e. The quantitative estimate of drug-likeness (QED) is 0.143. The first-order valence-electron chi connectivity index (χ1n) is 23.3. The largest absolute Gasteiger partial charge is 0.208 e. The first kappa shape index (κ1) is 40.4. The van der Waals surface area contributed by atoms with E-state index in [0.717, 1.165) is 55.6 Å². The standard InChI is InChI=1S/C65H41N3S/c1-3-16-42(17-4-1)44-20-13-27-52(38-44)63-66-64(53-28-14-21-45(39-53)43-18-5-2-6-19-43)68-65(67-63)54-29-15-26-50(40-54)48-24-11-22-46(36-48)47-23-12-25-49(37-47)51-34-35-59-60(41-51)69-62-58-33-10-8-31-56(58)55-30-7-9-32-57(55)61(59)62/h1-41H. The van der Waals surface area contributed by atoms with Gasteiger partial charge in [-0.1, -0.05) is 212 Å². The third-order valence-electron chi connectivity index (χ3n) is 13.3. The molecule has 13 rings (SSSR count). The molecule has 0 bridgehead atoms. The summed E-state index contributed by atoms with van der Waals surface area (Å²) in [4.78, 5) is 15.5. The van der Waals surface area contributed by atoms with E-state index in [4.69, 9.17) is 15.0 Å². The minimum Gasteiger partial charge on any atom is -0.208 e. The van der Waals surface area contributed by atoms with Crippen molar-refractivity contribution in [3.05, 3.63) is 249 Å². The Bertz CT molecular complexity index is 3980. The molecule has 2 aromatic heterocycles. The normalized spacial score (nSPS) is 11.5. The van der Waals surface area contributed by atoms with Gasteiger partial charge >= 0.3 is 0 Å². The molecule has 0 amide bonds. The summed E-state index contributed by atoms with van der Waals surface area (Å²) in [6.45, 7) is 0. The summed E-state index contributed by atoms with van der Waals surface area (Å²) in [7, 11) is 0. The van der Waals surface area contributed by atoms with Crippen LogP contribution in [0.5, 0.6) is 0 Å². The molecule has 0 atom stereocenters. The molecule has 2 heterocycles. The lowest BCUT2D eigenvalue weighted by atomic mass is 9.94. The van der Waals surface area contributed by atoms with Gasteiger partial charge in [-0.05, 0) is 108 Å². The third-order valence-corrected chi connectivity index (χ3v) is 14.5. The second kappa shape index (κ2) is 17.1. The van der Waals surface area contributed by atoms with Gasteiger partial charge in [0.15, 0.2) is 17.5 Å². The Morgan fingerprint density at radius 2 is 0.536 bits per heavy atom. The van der Waals surface area contributed by atoms with E-state index in [-0.39, 0.29) is 0 Å². The van der Waals surface area contributed by atoms with Crippen molar-refractivity contribution in [2.45, 2.75) is 0 Å². The first-order chi connectivity index (χ1) is 34.2. The van der Waals surface area contributed by atoms with Gasteiger partial charge in [0.25, 0.3) is 0 Å². The zero-order chi connectivity index (χ0) is 45.7. The molecule has 13 aromatic rings. The van der Waals surface area contributed by atoms with E-state index in [0.29, 0.717) is 17.5 Å². The molecule has 0 radical (unpaired) electrons. The van der Waals surface area contributed by atoms with Gasteiger partial charge in [-0.3, -0.25) is 0 Å². The predicted octanol–water partition coefficient (Wildman–Crippen LogP) is 17.9. The van der Waals surface area contributed by atoms with Crippen LogP contribution in [0.3, 0.4) is 0 Å². The predicted molar refractivity (Wildman–Crippen MR) is 291 cm³/mol. The maximum atomic E-state index is 5.19. The van der Waals surface area contributed by atoms with Crippen LogP contribution < -0.4 is 0 Å². The first-order valence-corrected chi connectivity index (χ1v) is 24.1. The van der Waals surface area contributed by atoms with Gasteiger partial charge in [0.2, 0.25) is 0 Å². The molecule has 0 unspecified atom stereocenters. The summed E-state index contributed by atoms with van der Waals surface area (Å²) in [6.07, 6.45) is 0. The van der Waals surface area contributed by atoms with Crippen LogP contribution in [0, 0.1) is 0 Å². The summed E-state index contributed by atoms with van der Waals surface area (Å²) < 4.78 is 2.65. The highest BCUT2D eigenvalue weighted by atomic mass is 32.1. The highest BCUT2D eigenvalue weighted by molar-refractivity contribution is 7.27. The van der Waals surface area contributed by atoms with E-state index in [9.17, 15) is 0 Å². The Hall–Kier alpha value is -8.83. The molecule has 0 saturated heterocycles. The average Bonchev–Trinajstić information content (AvgIpc) is 3.83. The number of hydrogen-bond acceptors (Lipinski definition) is 4. The molecule has 0 aliphatic rings. The summed E-state index contributed by atoms with van der Waals surface area (Å²) in [5.74, 6) is 1.87. The van der Waals surface area contributed by atoms with Crippen molar-refractivity contribution < 1.29 is 0 Å². The number of benzene rings is 11. The summed E-state index contributed by atoms with van der Waals surface area (Å²) >= 11 is 1.90. The zero-order valence-corrected chi connectivity index (χ0v) is 38.2. The van der Waals surface area contributed by atoms with Crippen LogP contribution >= 0.6 is 11.3 Å². The van der Waals surface area contributed by atoms with Crippen molar-refractivity contribution >= 4 is 53.1 Å². The van der Waals surface area contributed by atoms with E-state index in [1.165, 1.54) is 58.4 Å². The summed E-state index contributed by atoms with van der Waals surface area (Å²) in [5, 5.41) is 7.91. The lowest BCUT2D eigenvalue weighted by molar-refractivity contribution is 1.07. The monoisotopic (exact) mass is 895 g/mol. The van der Waals surface area contributed by atoms with Gasteiger partial charge in [-0.15, -0.1) is 11.3 Å². The molecule has 0 fully saturated rings. The molecule has 11 aromatic carbocycles. The highest BCUT2D eigenvalue weighted by Gasteiger charge is 2.17. The number of rotatable bonds is 8. The number of hydrogen-bond donors (Lipinski definition) is 0. The Morgan fingerprint density at radius 3 is 0.986 bits per heavy atom. The van der Waals surface area contributed by atoms with Gasteiger partial charge in [0, 0.05) is 42.2 Å². The topological polar surface area (TPSA) is 38.7 Å². The van der Waals surface area contributed by atoms with E-state index >= 15 is 0 Å². The van der Waals surface area contributed by atoms with E-state index in [1.54, 1.807) is 0 Å². The number of aromatic nitrogens is 3. The minimum absolute atomic E-state index is 0.618. The fourth-order valence-electron chi connectivity index (χ4n) is 9.88. The third kappa shape index (κ3) is 7.54. The molecule has 3 nitrogen and oxygen atoms in total. The van der Waals surface area contributed by atoms with Gasteiger partial charge < -0.3 is 0 Å². The van der Waals surface area contributed by atoms with E-state index in [2.05, 4.69) is 237 Å². The molecule has 0 aliphatic carbocycles. The smallest absolute Gasteiger partial charge is 0.164 e. The lowest BCUT2D eigenvalue weighted by Crippen LogP contribution is -2.00. The Labute approximate surface area is 404 Å². The fourth-order valence-corrected chi connectivity index (χ4v) is 11.2. The molecule has 0 aliphatic heterocycles. The second-order valence-corrected chi connectivity index (χ2v) is 18.6. The van der Waals surface area contributed by atoms with Gasteiger partial charge in [0.05, 0.1) is 0 Å². The van der Waals surface area contributed by atoms with Crippen LogP contribution in [0.1, 0.15) is 0 Å². The van der Waals surface area contributed by atoms with Crippen molar-refractivity contribution in [2.24, 2.45) is 0 Å². The van der Waals surface area contributed by atoms with Crippen LogP contribution in [0.15, 0.2) is 249 Å². The average molecular weight is 896 g/mol. The van der Waals surface area contributed by atoms with Crippen LogP contribution in [0.25, 0.3) is 132 Å². The molecule has 69 heavy (non-hydrogen) atoms. The number of nitrogens with zero attached hydrogens (tertiary/aromatic N) is 3.